The molecule has 1 aliphatic heterocycles. The maximum atomic E-state index is 12.4. The lowest BCUT2D eigenvalue weighted by molar-refractivity contribution is -0.119. The molecule has 1 aliphatic rings. The van der Waals surface area contributed by atoms with Crippen molar-refractivity contribution in [2.75, 3.05) is 13.1 Å². The summed E-state index contributed by atoms with van der Waals surface area (Å²) in [5.74, 6) is -0.0905. The molecule has 6 nitrogen and oxygen atoms in total. The number of sulfonamides is 1. The number of halogens is 1. The second kappa shape index (κ2) is 6.07. The van der Waals surface area contributed by atoms with Gasteiger partial charge in [0.15, 0.2) is 0 Å². The maximum absolute atomic E-state index is 12.4. The first-order valence-electron chi connectivity index (χ1n) is 6.28. The SMILES string of the molecule is CC(=O)NC1CCN(S(=O)(=O)c2ccnc(Cl)c2)CC1. The summed E-state index contributed by atoms with van der Waals surface area (Å²) in [4.78, 5) is 14.9. The Labute approximate surface area is 123 Å². The number of pyridine rings is 1. The Morgan fingerprint density at radius 1 is 1.45 bits per heavy atom. The van der Waals surface area contributed by atoms with Crippen LogP contribution in [0.1, 0.15) is 19.8 Å². The Morgan fingerprint density at radius 2 is 2.10 bits per heavy atom. The molecule has 0 unspecified atom stereocenters. The first kappa shape index (κ1) is 15.2. The van der Waals surface area contributed by atoms with Crippen molar-refractivity contribution in [2.45, 2.75) is 30.7 Å². The van der Waals surface area contributed by atoms with Gasteiger partial charge in [-0.3, -0.25) is 4.79 Å². The highest BCUT2D eigenvalue weighted by atomic mass is 35.5. The number of carbonyl (C=O) groups excluding carboxylic acids is 1. The maximum Gasteiger partial charge on any atom is 0.243 e. The van der Waals surface area contributed by atoms with E-state index in [-0.39, 0.29) is 22.0 Å². The molecule has 0 aliphatic carbocycles. The van der Waals surface area contributed by atoms with Crippen LogP contribution in [0.15, 0.2) is 23.2 Å². The Bertz CT molecular complexity index is 598. The van der Waals surface area contributed by atoms with Crippen LogP contribution in [0.5, 0.6) is 0 Å². The predicted octanol–water partition coefficient (Wildman–Crippen LogP) is 1.02. The van der Waals surface area contributed by atoms with Gasteiger partial charge in [0.25, 0.3) is 0 Å². The number of hydrogen-bond donors (Lipinski definition) is 1. The average Bonchev–Trinajstić information content (AvgIpc) is 2.38. The van der Waals surface area contributed by atoms with E-state index in [0.29, 0.717) is 25.9 Å². The first-order valence-corrected chi connectivity index (χ1v) is 8.10. The average molecular weight is 318 g/mol. The van der Waals surface area contributed by atoms with E-state index in [2.05, 4.69) is 10.3 Å². The first-order chi connectivity index (χ1) is 9.39. The lowest BCUT2D eigenvalue weighted by Gasteiger charge is -2.31. The van der Waals surface area contributed by atoms with Gasteiger partial charge in [0.05, 0.1) is 4.90 Å². The third-order valence-electron chi connectivity index (χ3n) is 3.20. The van der Waals surface area contributed by atoms with E-state index < -0.39 is 10.0 Å². The lowest BCUT2D eigenvalue weighted by atomic mass is 10.1. The molecule has 110 valence electrons. The van der Waals surface area contributed by atoms with Gasteiger partial charge >= 0.3 is 0 Å². The summed E-state index contributed by atoms with van der Waals surface area (Å²) in [6.45, 7) is 2.22. The van der Waals surface area contributed by atoms with Gasteiger partial charge < -0.3 is 5.32 Å². The summed E-state index contributed by atoms with van der Waals surface area (Å²) < 4.78 is 26.3. The number of nitrogens with zero attached hydrogens (tertiary/aromatic N) is 2. The molecule has 1 fully saturated rings. The summed E-state index contributed by atoms with van der Waals surface area (Å²) in [5, 5.41) is 2.96. The van der Waals surface area contributed by atoms with Crippen molar-refractivity contribution in [3.8, 4) is 0 Å². The minimum absolute atomic E-state index is 0.0416. The van der Waals surface area contributed by atoms with Crippen LogP contribution in [0.3, 0.4) is 0 Å². The molecule has 0 atom stereocenters. The van der Waals surface area contributed by atoms with E-state index in [4.69, 9.17) is 11.6 Å². The van der Waals surface area contributed by atoms with Gasteiger partial charge in [0.2, 0.25) is 15.9 Å². The number of nitrogens with one attached hydrogen (secondary N) is 1. The zero-order chi connectivity index (χ0) is 14.8. The molecular formula is C12H16ClN3O3S. The molecule has 0 saturated carbocycles. The smallest absolute Gasteiger partial charge is 0.243 e. The molecule has 20 heavy (non-hydrogen) atoms. The molecular weight excluding hydrogens is 302 g/mol. The molecule has 1 N–H and O–H groups in total. The topological polar surface area (TPSA) is 79.4 Å². The second-order valence-electron chi connectivity index (χ2n) is 4.69. The van der Waals surface area contributed by atoms with Gasteiger partial charge in [-0.25, -0.2) is 13.4 Å². The molecule has 0 bridgehead atoms. The van der Waals surface area contributed by atoms with E-state index in [9.17, 15) is 13.2 Å². The molecule has 0 radical (unpaired) electrons. The molecule has 2 heterocycles. The number of hydrogen-bond acceptors (Lipinski definition) is 4. The van der Waals surface area contributed by atoms with Gasteiger partial charge in [-0.1, -0.05) is 11.6 Å². The van der Waals surface area contributed by atoms with E-state index >= 15 is 0 Å². The molecule has 1 saturated heterocycles. The highest BCUT2D eigenvalue weighted by molar-refractivity contribution is 7.89. The van der Waals surface area contributed by atoms with Crippen LogP contribution in [0, 0.1) is 0 Å². The fraction of sp³-hybridized carbons (Fsp3) is 0.500. The van der Waals surface area contributed by atoms with Crippen molar-refractivity contribution >= 4 is 27.5 Å². The zero-order valence-corrected chi connectivity index (χ0v) is 12.6. The molecule has 1 amide bonds. The number of aromatic nitrogens is 1. The van der Waals surface area contributed by atoms with Crippen molar-refractivity contribution in [3.05, 3.63) is 23.5 Å². The van der Waals surface area contributed by atoms with Crippen LogP contribution in [-0.2, 0) is 14.8 Å². The van der Waals surface area contributed by atoms with Crippen molar-refractivity contribution in [3.63, 3.8) is 0 Å². The van der Waals surface area contributed by atoms with Crippen LogP contribution >= 0.6 is 11.6 Å². The number of carbonyl (C=O) groups is 1. The minimum atomic E-state index is -3.54. The van der Waals surface area contributed by atoms with E-state index in [1.807, 2.05) is 0 Å². The van der Waals surface area contributed by atoms with E-state index in [1.54, 1.807) is 0 Å². The normalized spacial score (nSPS) is 17.9. The van der Waals surface area contributed by atoms with Crippen molar-refractivity contribution < 1.29 is 13.2 Å². The molecule has 0 aromatic carbocycles. The Morgan fingerprint density at radius 3 is 2.65 bits per heavy atom. The van der Waals surface area contributed by atoms with E-state index in [1.165, 1.54) is 29.6 Å². The summed E-state index contributed by atoms with van der Waals surface area (Å²) in [6, 6.07) is 2.82. The summed E-state index contributed by atoms with van der Waals surface area (Å²) in [7, 11) is -3.54. The van der Waals surface area contributed by atoms with Gasteiger partial charge in [-0.2, -0.15) is 4.31 Å². The summed E-state index contributed by atoms with van der Waals surface area (Å²) >= 11 is 5.73. The molecule has 8 heteroatoms. The molecule has 0 spiro atoms. The van der Waals surface area contributed by atoms with Crippen LogP contribution < -0.4 is 5.32 Å². The van der Waals surface area contributed by atoms with E-state index in [0.717, 1.165) is 0 Å². The third kappa shape index (κ3) is 3.47. The minimum Gasteiger partial charge on any atom is -0.354 e. The third-order valence-corrected chi connectivity index (χ3v) is 5.30. The standard InChI is InChI=1S/C12H16ClN3O3S/c1-9(17)15-10-3-6-16(7-4-10)20(18,19)11-2-5-14-12(13)8-11/h2,5,8,10H,3-4,6-7H2,1H3,(H,15,17). The van der Waals surface area contributed by atoms with Crippen LogP contribution in [-0.4, -0.2) is 42.7 Å². The van der Waals surface area contributed by atoms with Gasteiger partial charge in [-0.15, -0.1) is 0 Å². The van der Waals surface area contributed by atoms with Gasteiger partial charge in [0.1, 0.15) is 5.15 Å². The molecule has 2 rings (SSSR count). The fourth-order valence-electron chi connectivity index (χ4n) is 2.22. The van der Waals surface area contributed by atoms with Crippen molar-refractivity contribution in [1.82, 2.24) is 14.6 Å². The fourth-order valence-corrected chi connectivity index (χ4v) is 3.94. The Hall–Kier alpha value is -1.18. The summed E-state index contributed by atoms with van der Waals surface area (Å²) in [5.41, 5.74) is 0. The largest absolute Gasteiger partial charge is 0.354 e. The highest BCUT2D eigenvalue weighted by Gasteiger charge is 2.29. The lowest BCUT2D eigenvalue weighted by Crippen LogP contribution is -2.46. The summed E-state index contributed by atoms with van der Waals surface area (Å²) in [6.07, 6.45) is 2.59. The number of amides is 1. The van der Waals surface area contributed by atoms with Gasteiger partial charge in [0, 0.05) is 32.3 Å². The van der Waals surface area contributed by atoms with Crippen LogP contribution in [0.2, 0.25) is 5.15 Å². The van der Waals surface area contributed by atoms with Crippen molar-refractivity contribution in [1.29, 1.82) is 0 Å². The zero-order valence-electron chi connectivity index (χ0n) is 11.0. The van der Waals surface area contributed by atoms with Crippen molar-refractivity contribution in [2.24, 2.45) is 0 Å². The monoisotopic (exact) mass is 317 g/mol. The quantitative estimate of drug-likeness (QED) is 0.844. The highest BCUT2D eigenvalue weighted by Crippen LogP contribution is 2.22. The van der Waals surface area contributed by atoms with Crippen LogP contribution in [0.25, 0.3) is 0 Å². The number of rotatable bonds is 3. The Balaban J connectivity index is 2.08. The Kier molecular flexibility index (Phi) is 4.62. The number of piperidine rings is 1. The molecule has 1 aromatic rings. The van der Waals surface area contributed by atoms with Gasteiger partial charge in [-0.05, 0) is 25.0 Å². The second-order valence-corrected chi connectivity index (χ2v) is 7.02. The predicted molar refractivity (Wildman–Crippen MR) is 74.8 cm³/mol. The molecule has 1 aromatic heterocycles. The van der Waals surface area contributed by atoms with Crippen LogP contribution in [0.4, 0.5) is 0 Å².